The van der Waals surface area contributed by atoms with E-state index in [1.54, 1.807) is 22.8 Å². The molecule has 0 aliphatic carbocycles. The van der Waals surface area contributed by atoms with Crippen molar-refractivity contribution in [1.29, 1.82) is 0 Å². The molecule has 4 aliphatic rings. The molecular formula is C33H42F2N6O4S. The fraction of sp³-hybridized carbons (Fsp3) is 0.576. The molecule has 13 heteroatoms. The summed E-state index contributed by atoms with van der Waals surface area (Å²) in [6.45, 7) is 5.31. The standard InChI is InChI=1S/C33H42F2N6O4S/c1-21-24-6-5-7-26(18-24)33(34,35)25-8-14-40(15-9-25)22(2)31(42)36-12-3-4-13-41-30-28(29(39-21)37-20-38-30)19-27(32(41)43)23-10-16-46(44,45)17-11-23/h5-7,18-23,25H,3-4,8-17H2,1-2H3,(H,36,42)(H,37,38,39)/t21-,22-/m1/s1. The second kappa shape index (κ2) is 13.0. The maximum absolute atomic E-state index is 15.9. The smallest absolute Gasteiger partial charge is 0.276 e. The number of hydrogen-bond acceptors (Lipinski definition) is 8. The van der Waals surface area contributed by atoms with E-state index in [0.29, 0.717) is 92.7 Å². The minimum absolute atomic E-state index is 0.0277. The molecule has 8 bridgehead atoms. The second-order valence-corrected chi connectivity index (χ2v) is 15.3. The number of halogens is 2. The van der Waals surface area contributed by atoms with Gasteiger partial charge in [-0.15, -0.1) is 0 Å². The van der Waals surface area contributed by atoms with Gasteiger partial charge in [0.05, 0.1) is 22.9 Å². The molecule has 2 fully saturated rings. The first kappa shape index (κ1) is 32.5. The van der Waals surface area contributed by atoms with Gasteiger partial charge in [-0.05, 0) is 89.1 Å². The van der Waals surface area contributed by atoms with Gasteiger partial charge in [-0.25, -0.2) is 27.2 Å². The zero-order chi connectivity index (χ0) is 32.6. The van der Waals surface area contributed by atoms with Crippen molar-refractivity contribution in [3.05, 3.63) is 63.7 Å². The van der Waals surface area contributed by atoms with Gasteiger partial charge >= 0.3 is 0 Å². The highest BCUT2D eigenvalue weighted by molar-refractivity contribution is 7.91. The molecule has 0 saturated carbocycles. The predicted octanol–water partition coefficient (Wildman–Crippen LogP) is 4.36. The third-order valence-corrected chi connectivity index (χ3v) is 11.8. The summed E-state index contributed by atoms with van der Waals surface area (Å²) in [7, 11) is -3.13. The van der Waals surface area contributed by atoms with Crippen LogP contribution in [0.25, 0.3) is 11.0 Å². The molecule has 1 amide bonds. The molecule has 2 N–H and O–H groups in total. The van der Waals surface area contributed by atoms with E-state index in [1.807, 2.05) is 24.8 Å². The zero-order valence-corrected chi connectivity index (χ0v) is 27.2. The van der Waals surface area contributed by atoms with Gasteiger partial charge in [0.1, 0.15) is 27.6 Å². The Bertz CT molecular complexity index is 1760. The number of alkyl halides is 2. The van der Waals surface area contributed by atoms with Gasteiger partial charge in [0.2, 0.25) is 5.91 Å². The SMILES string of the molecule is C[C@@H]1C(=O)NCCCCn2c(=O)c(C3CCS(=O)(=O)CC3)cc3c(ncnc32)N[C@H](C)c2cccc(c2)C(F)(F)C2CCN1CC2. The summed E-state index contributed by atoms with van der Waals surface area (Å²) in [6, 6.07) is 7.43. The van der Waals surface area contributed by atoms with E-state index >= 15 is 8.78 Å². The first-order chi connectivity index (χ1) is 21.9. The summed E-state index contributed by atoms with van der Waals surface area (Å²) in [4.78, 5) is 37.8. The lowest BCUT2D eigenvalue weighted by atomic mass is 9.85. The molecule has 0 spiro atoms. The molecule has 2 aromatic heterocycles. The van der Waals surface area contributed by atoms with Crippen LogP contribution in [-0.4, -0.2) is 70.9 Å². The highest BCUT2D eigenvalue weighted by Crippen LogP contribution is 2.42. The summed E-state index contributed by atoms with van der Waals surface area (Å²) >= 11 is 0. The molecule has 46 heavy (non-hydrogen) atoms. The molecule has 1 aromatic carbocycles. The van der Waals surface area contributed by atoms with Gasteiger partial charge in [-0.2, -0.15) is 0 Å². The van der Waals surface area contributed by atoms with Crippen molar-refractivity contribution in [2.24, 2.45) is 5.92 Å². The minimum atomic E-state index is -3.13. The van der Waals surface area contributed by atoms with Crippen LogP contribution in [0.15, 0.2) is 41.5 Å². The third-order valence-electron chi connectivity index (χ3n) is 10.1. The van der Waals surface area contributed by atoms with E-state index in [1.165, 1.54) is 12.4 Å². The number of rotatable bonds is 1. The van der Waals surface area contributed by atoms with E-state index in [0.717, 1.165) is 0 Å². The number of anilines is 1. The average Bonchev–Trinajstić information content (AvgIpc) is 3.05. The van der Waals surface area contributed by atoms with Gasteiger partial charge in [0.15, 0.2) is 0 Å². The number of aryl methyl sites for hydroxylation is 1. The van der Waals surface area contributed by atoms with Crippen molar-refractivity contribution in [1.82, 2.24) is 24.8 Å². The highest BCUT2D eigenvalue weighted by Gasteiger charge is 2.43. The fourth-order valence-corrected chi connectivity index (χ4v) is 8.62. The Morgan fingerprint density at radius 3 is 2.43 bits per heavy atom. The van der Waals surface area contributed by atoms with Crippen molar-refractivity contribution in [2.75, 3.05) is 36.5 Å². The molecule has 10 nitrogen and oxygen atoms in total. The maximum Gasteiger partial charge on any atom is 0.276 e. The lowest BCUT2D eigenvalue weighted by Crippen LogP contribution is -2.49. The van der Waals surface area contributed by atoms with Crippen LogP contribution in [0.1, 0.15) is 81.0 Å². The first-order valence-corrected chi connectivity index (χ1v) is 18.1. The molecule has 7 rings (SSSR count). The number of nitrogens with zero attached hydrogens (tertiary/aromatic N) is 4. The Kier molecular flexibility index (Phi) is 9.17. The summed E-state index contributed by atoms with van der Waals surface area (Å²) < 4.78 is 57.8. The largest absolute Gasteiger partial charge is 0.363 e. The Morgan fingerprint density at radius 1 is 0.957 bits per heavy atom. The number of piperidine rings is 1. The number of sulfone groups is 1. The van der Waals surface area contributed by atoms with Crippen LogP contribution in [0.2, 0.25) is 0 Å². The lowest BCUT2D eigenvalue weighted by molar-refractivity contribution is -0.128. The topological polar surface area (TPSA) is 126 Å². The number of carbonyl (C=O) groups excluding carboxylic acids is 1. The monoisotopic (exact) mass is 656 g/mol. The minimum Gasteiger partial charge on any atom is -0.363 e. The Morgan fingerprint density at radius 2 is 1.70 bits per heavy atom. The van der Waals surface area contributed by atoms with Gasteiger partial charge in [0.25, 0.3) is 11.5 Å². The van der Waals surface area contributed by atoms with Gasteiger partial charge < -0.3 is 10.6 Å². The molecule has 2 atom stereocenters. The molecule has 248 valence electrons. The van der Waals surface area contributed by atoms with E-state index in [4.69, 9.17) is 0 Å². The highest BCUT2D eigenvalue weighted by atomic mass is 32.2. The molecule has 3 aromatic rings. The van der Waals surface area contributed by atoms with Crippen molar-refractivity contribution < 1.29 is 22.0 Å². The quantitative estimate of drug-likeness (QED) is 0.396. The van der Waals surface area contributed by atoms with E-state index < -0.39 is 33.8 Å². The van der Waals surface area contributed by atoms with Crippen LogP contribution >= 0.6 is 0 Å². The number of nitrogens with one attached hydrogen (secondary N) is 2. The van der Waals surface area contributed by atoms with E-state index in [-0.39, 0.29) is 34.5 Å². The first-order valence-electron chi connectivity index (χ1n) is 16.3. The Labute approximate surface area is 267 Å². The lowest BCUT2D eigenvalue weighted by Gasteiger charge is -2.38. The molecule has 2 saturated heterocycles. The van der Waals surface area contributed by atoms with Crippen LogP contribution in [0.5, 0.6) is 0 Å². The molecule has 0 radical (unpaired) electrons. The number of amides is 1. The van der Waals surface area contributed by atoms with Crippen molar-refractivity contribution >= 4 is 32.6 Å². The number of hydrogen-bond donors (Lipinski definition) is 2. The normalized spacial score (nSPS) is 27.4. The number of benzene rings is 1. The van der Waals surface area contributed by atoms with Gasteiger partial charge in [0, 0.05) is 36.2 Å². The number of carbonyl (C=O) groups is 1. The average molecular weight is 657 g/mol. The number of pyridine rings is 1. The molecular weight excluding hydrogens is 614 g/mol. The number of fused-ring (bicyclic) bond motifs is 9. The third kappa shape index (κ3) is 6.53. The van der Waals surface area contributed by atoms with Crippen LogP contribution in [-0.2, 0) is 27.1 Å². The fourth-order valence-electron chi connectivity index (χ4n) is 7.13. The summed E-state index contributed by atoms with van der Waals surface area (Å²) in [5.41, 5.74) is 1.40. The van der Waals surface area contributed by atoms with Gasteiger partial charge in [-0.1, -0.05) is 18.2 Å². The molecule has 0 unspecified atom stereocenters. The predicted molar refractivity (Wildman–Crippen MR) is 173 cm³/mol. The summed E-state index contributed by atoms with van der Waals surface area (Å²) in [5, 5.41) is 6.97. The van der Waals surface area contributed by atoms with Crippen molar-refractivity contribution in [3.8, 4) is 0 Å². The van der Waals surface area contributed by atoms with Crippen LogP contribution in [0, 0.1) is 5.92 Å². The van der Waals surface area contributed by atoms with Crippen LogP contribution < -0.4 is 16.2 Å². The Hall–Kier alpha value is -3.45. The molecule has 6 heterocycles. The second-order valence-electron chi connectivity index (χ2n) is 13.0. The van der Waals surface area contributed by atoms with Crippen LogP contribution in [0.3, 0.4) is 0 Å². The van der Waals surface area contributed by atoms with E-state index in [2.05, 4.69) is 20.6 Å². The molecule has 4 aliphatic heterocycles. The van der Waals surface area contributed by atoms with Crippen LogP contribution in [0.4, 0.5) is 14.6 Å². The van der Waals surface area contributed by atoms with Crippen molar-refractivity contribution in [3.63, 3.8) is 0 Å². The summed E-state index contributed by atoms with van der Waals surface area (Å²) in [5.74, 6) is -3.71. The Balaban J connectivity index is 1.40. The summed E-state index contributed by atoms with van der Waals surface area (Å²) in [6.07, 6.45) is 3.91. The zero-order valence-electron chi connectivity index (χ0n) is 26.3. The van der Waals surface area contributed by atoms with E-state index in [9.17, 15) is 18.0 Å². The van der Waals surface area contributed by atoms with Gasteiger partial charge in [-0.3, -0.25) is 19.1 Å². The maximum atomic E-state index is 15.9. The van der Waals surface area contributed by atoms with Crippen molar-refractivity contribution in [2.45, 2.75) is 82.8 Å². The number of aromatic nitrogens is 3.